The largest absolute Gasteiger partial charge is 0.335 e. The van der Waals surface area contributed by atoms with Crippen LogP contribution in [0.1, 0.15) is 36.5 Å². The number of hydrogen-bond donors (Lipinski definition) is 1. The summed E-state index contributed by atoms with van der Waals surface area (Å²) in [4.78, 5) is 31.7. The third kappa shape index (κ3) is 3.12. The van der Waals surface area contributed by atoms with E-state index < -0.39 is 0 Å². The third-order valence-corrected chi connectivity index (χ3v) is 4.32. The third-order valence-electron chi connectivity index (χ3n) is 4.32. The van der Waals surface area contributed by atoms with Crippen molar-refractivity contribution in [3.05, 3.63) is 46.5 Å². The number of nitrogens with one attached hydrogen (secondary N) is 1. The average molecular weight is 314 g/mol. The van der Waals surface area contributed by atoms with Crippen LogP contribution < -0.4 is 10.9 Å². The van der Waals surface area contributed by atoms with E-state index in [0.717, 1.165) is 32.4 Å². The van der Waals surface area contributed by atoms with Crippen molar-refractivity contribution in [2.24, 2.45) is 0 Å². The molecule has 3 rings (SSSR count). The number of fused-ring (bicyclic) bond motifs is 1. The maximum atomic E-state index is 13.0. The molecule has 0 spiro atoms. The molecule has 6 nitrogen and oxygen atoms in total. The fourth-order valence-corrected chi connectivity index (χ4v) is 3.14. The quantitative estimate of drug-likeness (QED) is 0.924. The van der Waals surface area contributed by atoms with Crippen LogP contribution in [0.15, 0.2) is 35.4 Å². The van der Waals surface area contributed by atoms with E-state index in [4.69, 9.17) is 0 Å². The molecule has 6 heteroatoms. The van der Waals surface area contributed by atoms with E-state index in [0.29, 0.717) is 12.2 Å². The Morgan fingerprint density at radius 2 is 2.17 bits per heavy atom. The minimum Gasteiger partial charge on any atom is -0.335 e. The second-order valence-corrected chi connectivity index (χ2v) is 5.89. The van der Waals surface area contributed by atoms with Gasteiger partial charge in [-0.3, -0.25) is 14.0 Å². The van der Waals surface area contributed by atoms with Gasteiger partial charge in [0.05, 0.1) is 0 Å². The van der Waals surface area contributed by atoms with Gasteiger partial charge in [0.1, 0.15) is 11.2 Å². The van der Waals surface area contributed by atoms with Crippen LogP contribution in [0.3, 0.4) is 0 Å². The van der Waals surface area contributed by atoms with Crippen molar-refractivity contribution in [1.29, 1.82) is 0 Å². The molecule has 2 aromatic rings. The monoisotopic (exact) mass is 314 g/mol. The molecule has 1 aliphatic heterocycles. The number of nitrogens with zero attached hydrogens (tertiary/aromatic N) is 3. The van der Waals surface area contributed by atoms with Crippen molar-refractivity contribution >= 4 is 11.6 Å². The first-order valence-electron chi connectivity index (χ1n) is 8.20. The molecule has 1 N–H and O–H groups in total. The maximum absolute atomic E-state index is 13.0. The Morgan fingerprint density at radius 1 is 1.39 bits per heavy atom. The van der Waals surface area contributed by atoms with E-state index in [-0.39, 0.29) is 23.1 Å². The Labute approximate surface area is 135 Å². The van der Waals surface area contributed by atoms with Crippen molar-refractivity contribution in [2.75, 3.05) is 19.6 Å². The van der Waals surface area contributed by atoms with Crippen LogP contribution in [-0.2, 0) is 0 Å². The van der Waals surface area contributed by atoms with Crippen LogP contribution in [0.25, 0.3) is 5.65 Å². The molecule has 1 amide bonds. The number of pyridine rings is 1. The highest BCUT2D eigenvalue weighted by Gasteiger charge is 2.27. The smallest absolute Gasteiger partial charge is 0.270 e. The van der Waals surface area contributed by atoms with Crippen LogP contribution in [0.4, 0.5) is 0 Å². The summed E-state index contributed by atoms with van der Waals surface area (Å²) in [5.41, 5.74) is 0.411. The van der Waals surface area contributed by atoms with E-state index >= 15 is 0 Å². The Kier molecular flexibility index (Phi) is 4.71. The predicted octanol–water partition coefficient (Wildman–Crippen LogP) is 1.30. The lowest BCUT2D eigenvalue weighted by molar-refractivity contribution is 0.0640. The number of carbonyl (C=O) groups excluding carboxylic acids is 1. The van der Waals surface area contributed by atoms with Gasteiger partial charge in [-0.2, -0.15) is 0 Å². The van der Waals surface area contributed by atoms with E-state index in [1.807, 2.05) is 17.9 Å². The maximum Gasteiger partial charge on any atom is 0.270 e. The predicted molar refractivity (Wildman–Crippen MR) is 88.7 cm³/mol. The van der Waals surface area contributed by atoms with Gasteiger partial charge in [0.2, 0.25) is 0 Å². The minimum absolute atomic E-state index is 0.153. The van der Waals surface area contributed by atoms with E-state index in [1.165, 1.54) is 10.6 Å². The van der Waals surface area contributed by atoms with Gasteiger partial charge in [-0.15, -0.1) is 0 Å². The van der Waals surface area contributed by atoms with E-state index in [2.05, 4.69) is 10.3 Å². The van der Waals surface area contributed by atoms with Gasteiger partial charge in [-0.25, -0.2) is 4.98 Å². The molecule has 0 radical (unpaired) electrons. The summed E-state index contributed by atoms with van der Waals surface area (Å²) >= 11 is 0. The van der Waals surface area contributed by atoms with Crippen molar-refractivity contribution in [3.63, 3.8) is 0 Å². The summed E-state index contributed by atoms with van der Waals surface area (Å²) in [6.45, 7) is 4.54. The number of amides is 1. The number of carbonyl (C=O) groups is 1. The van der Waals surface area contributed by atoms with Crippen LogP contribution in [-0.4, -0.2) is 45.9 Å². The molecule has 1 saturated heterocycles. The van der Waals surface area contributed by atoms with E-state index in [9.17, 15) is 9.59 Å². The minimum atomic E-state index is -0.296. The standard InChI is InChI=1S/C17H22N4O2/c1-2-10-20(13-6-8-18-9-7-13)16(22)14-12-19-15-5-3-4-11-21(15)17(14)23/h3-5,11-13,18H,2,6-10H2,1H3. The van der Waals surface area contributed by atoms with Gasteiger partial charge >= 0.3 is 0 Å². The summed E-state index contributed by atoms with van der Waals surface area (Å²) in [5.74, 6) is -0.200. The number of piperidine rings is 1. The first kappa shape index (κ1) is 15.7. The topological polar surface area (TPSA) is 66.7 Å². The normalized spacial score (nSPS) is 15.7. The van der Waals surface area contributed by atoms with Crippen molar-refractivity contribution in [3.8, 4) is 0 Å². The van der Waals surface area contributed by atoms with Gasteiger partial charge in [-0.1, -0.05) is 13.0 Å². The Bertz CT molecular complexity index is 750. The summed E-state index contributed by atoms with van der Waals surface area (Å²) in [6.07, 6.45) is 5.79. The fraction of sp³-hybridized carbons (Fsp3) is 0.471. The Balaban J connectivity index is 1.96. The highest BCUT2D eigenvalue weighted by atomic mass is 16.2. The lowest BCUT2D eigenvalue weighted by atomic mass is 10.0. The summed E-state index contributed by atoms with van der Waals surface area (Å²) in [7, 11) is 0. The molecule has 1 fully saturated rings. The molecule has 0 aromatic carbocycles. The van der Waals surface area contributed by atoms with Gasteiger partial charge in [0.25, 0.3) is 11.5 Å². The lowest BCUT2D eigenvalue weighted by Crippen LogP contribution is -2.47. The van der Waals surface area contributed by atoms with E-state index in [1.54, 1.807) is 18.3 Å². The lowest BCUT2D eigenvalue weighted by Gasteiger charge is -2.34. The second kappa shape index (κ2) is 6.91. The molecule has 2 aromatic heterocycles. The number of rotatable bonds is 4. The van der Waals surface area contributed by atoms with Crippen molar-refractivity contribution in [1.82, 2.24) is 19.6 Å². The fourth-order valence-electron chi connectivity index (χ4n) is 3.14. The molecule has 122 valence electrons. The zero-order valence-electron chi connectivity index (χ0n) is 13.4. The molecule has 0 bridgehead atoms. The molecular formula is C17H22N4O2. The zero-order chi connectivity index (χ0) is 16.2. The molecule has 1 aliphatic rings. The molecular weight excluding hydrogens is 292 g/mol. The molecule has 0 atom stereocenters. The van der Waals surface area contributed by atoms with Crippen molar-refractivity contribution in [2.45, 2.75) is 32.2 Å². The summed E-state index contributed by atoms with van der Waals surface area (Å²) in [5, 5.41) is 3.31. The molecule has 23 heavy (non-hydrogen) atoms. The summed E-state index contributed by atoms with van der Waals surface area (Å²) in [6, 6.07) is 5.54. The van der Waals surface area contributed by atoms with Gasteiger partial charge in [0.15, 0.2) is 0 Å². The Hall–Kier alpha value is -2.21. The first-order chi connectivity index (χ1) is 11.2. The van der Waals surface area contributed by atoms with Crippen LogP contribution in [0.2, 0.25) is 0 Å². The van der Waals surface area contributed by atoms with Gasteiger partial charge in [0, 0.05) is 25.0 Å². The Morgan fingerprint density at radius 3 is 2.91 bits per heavy atom. The van der Waals surface area contributed by atoms with Gasteiger partial charge < -0.3 is 10.2 Å². The van der Waals surface area contributed by atoms with Crippen molar-refractivity contribution < 1.29 is 4.79 Å². The summed E-state index contributed by atoms with van der Waals surface area (Å²) < 4.78 is 1.43. The average Bonchev–Trinajstić information content (AvgIpc) is 2.60. The number of aromatic nitrogens is 2. The van der Waals surface area contributed by atoms with Crippen LogP contribution in [0.5, 0.6) is 0 Å². The zero-order valence-corrected chi connectivity index (χ0v) is 13.4. The highest BCUT2D eigenvalue weighted by Crippen LogP contribution is 2.15. The van der Waals surface area contributed by atoms with Gasteiger partial charge in [-0.05, 0) is 44.5 Å². The molecule has 0 aliphatic carbocycles. The highest BCUT2D eigenvalue weighted by molar-refractivity contribution is 5.94. The first-order valence-corrected chi connectivity index (χ1v) is 8.20. The van der Waals surface area contributed by atoms with Crippen LogP contribution in [0, 0.1) is 0 Å². The SMILES string of the molecule is CCCN(C(=O)c1cnc2ccccn2c1=O)C1CCNCC1. The number of hydrogen-bond acceptors (Lipinski definition) is 4. The molecule has 0 unspecified atom stereocenters. The van der Waals surface area contributed by atoms with Crippen LogP contribution >= 0.6 is 0 Å². The molecule has 3 heterocycles. The molecule has 0 saturated carbocycles. The second-order valence-electron chi connectivity index (χ2n) is 5.89.